The van der Waals surface area contributed by atoms with Crippen LogP contribution in [0, 0.1) is 0 Å². The molecule has 5 rings (SSSR count). The Labute approximate surface area is 174 Å². The van der Waals surface area contributed by atoms with Crippen molar-refractivity contribution < 1.29 is 0 Å². The minimum Gasteiger partial charge on any atom is -0.336 e. The van der Waals surface area contributed by atoms with E-state index in [9.17, 15) is 0 Å². The molecule has 4 heterocycles. The zero-order valence-corrected chi connectivity index (χ0v) is 17.2. The Kier molecular flexibility index (Phi) is 4.77. The van der Waals surface area contributed by atoms with E-state index in [1.165, 1.54) is 5.57 Å². The normalized spacial score (nSPS) is 15.4. The summed E-state index contributed by atoms with van der Waals surface area (Å²) < 4.78 is 0. The third-order valence-electron chi connectivity index (χ3n) is 5.51. The predicted octanol–water partition coefficient (Wildman–Crippen LogP) is 4.86. The average Bonchev–Trinajstić information content (AvgIpc) is 3.41. The van der Waals surface area contributed by atoms with Crippen LogP contribution < -0.4 is 5.32 Å². The summed E-state index contributed by atoms with van der Waals surface area (Å²) in [6.07, 6.45) is 9.45. The summed E-state index contributed by atoms with van der Waals surface area (Å²) in [5.74, 6) is 0.726. The largest absolute Gasteiger partial charge is 0.336 e. The van der Waals surface area contributed by atoms with Crippen molar-refractivity contribution in [3.8, 4) is 11.5 Å². The third kappa shape index (κ3) is 3.15. The number of allylic oxidation sites excluding steroid dienone is 4. The number of nitrogens with zero attached hydrogens (tertiary/aromatic N) is 3. The van der Waals surface area contributed by atoms with Crippen LogP contribution in [0.3, 0.4) is 0 Å². The second-order valence-electron chi connectivity index (χ2n) is 7.38. The summed E-state index contributed by atoms with van der Waals surface area (Å²) in [7, 11) is 0. The number of benzene rings is 1. The molecule has 0 unspecified atom stereocenters. The van der Waals surface area contributed by atoms with Crippen molar-refractivity contribution in [3.05, 3.63) is 65.9 Å². The minimum absolute atomic E-state index is 0.726. The molecule has 3 N–H and O–H groups in total. The van der Waals surface area contributed by atoms with Crippen LogP contribution >= 0.6 is 0 Å². The Balaban J connectivity index is 1.64. The number of imidazole rings is 1. The average molecular weight is 396 g/mol. The van der Waals surface area contributed by atoms with Crippen molar-refractivity contribution in [2.45, 2.75) is 20.3 Å². The molecule has 1 aliphatic rings. The van der Waals surface area contributed by atoms with E-state index in [-0.39, 0.29) is 0 Å². The van der Waals surface area contributed by atoms with Crippen molar-refractivity contribution in [1.82, 2.24) is 30.5 Å². The molecule has 0 atom stereocenters. The summed E-state index contributed by atoms with van der Waals surface area (Å²) >= 11 is 0. The van der Waals surface area contributed by atoms with Crippen molar-refractivity contribution in [3.63, 3.8) is 0 Å². The van der Waals surface area contributed by atoms with Crippen molar-refractivity contribution in [2.75, 3.05) is 13.1 Å². The quantitative estimate of drug-likeness (QED) is 0.430. The topological polar surface area (TPSA) is 82.3 Å². The van der Waals surface area contributed by atoms with Crippen LogP contribution in [0.4, 0.5) is 0 Å². The first kappa shape index (κ1) is 18.5. The van der Waals surface area contributed by atoms with E-state index >= 15 is 0 Å². The number of rotatable bonds is 4. The fourth-order valence-corrected chi connectivity index (χ4v) is 4.00. The van der Waals surface area contributed by atoms with Crippen LogP contribution in [0.25, 0.3) is 44.7 Å². The SMILES string of the molecule is C/C=C\C(=C/C)c1cccc2[nH]c(-c3n[nH]c4ccc(C5=CCNCC5)nc34)nc12. The van der Waals surface area contributed by atoms with Gasteiger partial charge in [0.05, 0.1) is 22.2 Å². The molecule has 6 heteroatoms. The highest BCUT2D eigenvalue weighted by Crippen LogP contribution is 2.30. The molecule has 1 aliphatic heterocycles. The van der Waals surface area contributed by atoms with Crippen molar-refractivity contribution >= 4 is 33.2 Å². The highest BCUT2D eigenvalue weighted by atomic mass is 15.1. The van der Waals surface area contributed by atoms with Crippen LogP contribution in [0.1, 0.15) is 31.5 Å². The van der Waals surface area contributed by atoms with Crippen molar-refractivity contribution in [1.29, 1.82) is 0 Å². The van der Waals surface area contributed by atoms with Gasteiger partial charge >= 0.3 is 0 Å². The molecular formula is C24H24N6. The van der Waals surface area contributed by atoms with Crippen molar-refractivity contribution in [2.24, 2.45) is 0 Å². The Bertz CT molecular complexity index is 1320. The molecule has 0 radical (unpaired) electrons. The first-order valence-electron chi connectivity index (χ1n) is 10.3. The molecule has 0 bridgehead atoms. The number of nitrogens with one attached hydrogen (secondary N) is 3. The van der Waals surface area contributed by atoms with Gasteiger partial charge in [0, 0.05) is 12.1 Å². The highest BCUT2D eigenvalue weighted by molar-refractivity contribution is 5.95. The van der Waals surface area contributed by atoms with Gasteiger partial charge in [0.25, 0.3) is 0 Å². The standard InChI is InChI=1S/C24H24N6/c1-3-6-15(4-2)17-7-5-8-19-21(17)28-24(27-19)23-22-20(29-30-23)10-9-18(26-22)16-11-13-25-14-12-16/h3-11,25H,12-14H2,1-2H3,(H,27,28)(H,29,30)/b6-3-,15-4+. The summed E-state index contributed by atoms with van der Waals surface area (Å²) in [6, 6.07) is 10.3. The summed E-state index contributed by atoms with van der Waals surface area (Å²) in [5, 5.41) is 11.0. The predicted molar refractivity (Wildman–Crippen MR) is 123 cm³/mol. The molecule has 4 aromatic rings. The lowest BCUT2D eigenvalue weighted by Gasteiger charge is -2.13. The molecule has 0 saturated carbocycles. The van der Waals surface area contributed by atoms with E-state index in [2.05, 4.69) is 63.0 Å². The molecule has 0 fully saturated rings. The van der Waals surface area contributed by atoms with E-state index in [4.69, 9.17) is 9.97 Å². The lowest BCUT2D eigenvalue weighted by molar-refractivity contribution is 0.737. The third-order valence-corrected chi connectivity index (χ3v) is 5.51. The number of aromatic amines is 2. The van der Waals surface area contributed by atoms with E-state index in [1.54, 1.807) is 0 Å². The monoisotopic (exact) mass is 396 g/mol. The van der Waals surface area contributed by atoms with Gasteiger partial charge in [-0.25, -0.2) is 9.97 Å². The second-order valence-corrected chi connectivity index (χ2v) is 7.38. The van der Waals surface area contributed by atoms with E-state index in [0.717, 1.165) is 69.9 Å². The number of H-pyrrole nitrogens is 2. The van der Waals surface area contributed by atoms with Gasteiger partial charge in [-0.3, -0.25) is 5.10 Å². The highest BCUT2D eigenvalue weighted by Gasteiger charge is 2.17. The first-order valence-corrected chi connectivity index (χ1v) is 10.3. The molecule has 0 spiro atoms. The molecular weight excluding hydrogens is 372 g/mol. The van der Waals surface area contributed by atoms with Gasteiger partial charge in [0.1, 0.15) is 5.52 Å². The Morgan fingerprint density at radius 1 is 1.03 bits per heavy atom. The summed E-state index contributed by atoms with van der Waals surface area (Å²) in [4.78, 5) is 13.3. The van der Waals surface area contributed by atoms with Gasteiger partial charge in [-0.2, -0.15) is 5.10 Å². The van der Waals surface area contributed by atoms with Crippen LogP contribution in [-0.2, 0) is 0 Å². The number of para-hydroxylation sites is 1. The smallest absolute Gasteiger partial charge is 0.161 e. The number of hydrogen-bond acceptors (Lipinski definition) is 4. The summed E-state index contributed by atoms with van der Waals surface area (Å²) in [5.41, 5.74) is 8.95. The maximum Gasteiger partial charge on any atom is 0.161 e. The van der Waals surface area contributed by atoms with Crippen LogP contribution in [0.5, 0.6) is 0 Å². The van der Waals surface area contributed by atoms with Crippen LogP contribution in [0.15, 0.2) is 54.6 Å². The van der Waals surface area contributed by atoms with Gasteiger partial charge < -0.3 is 10.3 Å². The number of aromatic nitrogens is 5. The number of fused-ring (bicyclic) bond motifs is 2. The van der Waals surface area contributed by atoms with Gasteiger partial charge in [0.2, 0.25) is 0 Å². The molecule has 150 valence electrons. The van der Waals surface area contributed by atoms with Gasteiger partial charge in [-0.05, 0) is 56.2 Å². The van der Waals surface area contributed by atoms with Gasteiger partial charge in [0.15, 0.2) is 11.5 Å². The number of hydrogen-bond donors (Lipinski definition) is 3. The molecule has 30 heavy (non-hydrogen) atoms. The zero-order chi connectivity index (χ0) is 20.5. The molecule has 0 aliphatic carbocycles. The Hall–Kier alpha value is -3.51. The molecule has 1 aromatic carbocycles. The number of pyridine rings is 1. The van der Waals surface area contributed by atoms with Crippen LogP contribution in [0.2, 0.25) is 0 Å². The molecule has 0 saturated heterocycles. The first-order chi connectivity index (χ1) is 14.8. The molecule has 6 nitrogen and oxygen atoms in total. The maximum absolute atomic E-state index is 4.94. The Morgan fingerprint density at radius 3 is 2.77 bits per heavy atom. The maximum atomic E-state index is 4.94. The van der Waals surface area contributed by atoms with Crippen LogP contribution in [-0.4, -0.2) is 38.2 Å². The lowest BCUT2D eigenvalue weighted by atomic mass is 10.0. The van der Waals surface area contributed by atoms with Gasteiger partial charge in [-0.1, -0.05) is 36.4 Å². The molecule has 0 amide bonds. The minimum atomic E-state index is 0.726. The summed E-state index contributed by atoms with van der Waals surface area (Å²) in [6.45, 7) is 5.94. The fourth-order valence-electron chi connectivity index (χ4n) is 4.00. The Morgan fingerprint density at radius 2 is 1.97 bits per heavy atom. The molecule has 3 aromatic heterocycles. The van der Waals surface area contributed by atoms with Gasteiger partial charge in [-0.15, -0.1) is 0 Å². The zero-order valence-electron chi connectivity index (χ0n) is 17.2. The second kappa shape index (κ2) is 7.72. The van der Waals surface area contributed by atoms with E-state index in [0.29, 0.717) is 0 Å². The van der Waals surface area contributed by atoms with E-state index < -0.39 is 0 Å². The lowest BCUT2D eigenvalue weighted by Crippen LogP contribution is -2.20. The fraction of sp³-hybridized carbons (Fsp3) is 0.208. The van der Waals surface area contributed by atoms with E-state index in [1.807, 2.05) is 26.0 Å².